The van der Waals surface area contributed by atoms with Crippen LogP contribution in [0.3, 0.4) is 0 Å². The van der Waals surface area contributed by atoms with E-state index in [-0.39, 0.29) is 29.5 Å². The Balaban J connectivity index is 1.57. The van der Waals surface area contributed by atoms with Crippen molar-refractivity contribution in [3.05, 3.63) is 101 Å². The van der Waals surface area contributed by atoms with Crippen molar-refractivity contribution in [1.29, 1.82) is 0 Å². The van der Waals surface area contributed by atoms with Gasteiger partial charge in [0.1, 0.15) is 11.8 Å². The standard InChI is InChI=1S/C34H39N3O6S/c1-21-12-9-10-15-25(21)19-35-32(41)30-34(4,5)44-20-37(30)33(42)29(39)27(18-24-13-7-6-8-14-24)36-31(40)26-16-11-17-28(22(26)2)43-23(3)38/h6-17,27,29-30,39H,18-20H2,1-5H3,(H,35,41)(H,36,40). The first-order chi connectivity index (χ1) is 20.9. The van der Waals surface area contributed by atoms with Gasteiger partial charge in [0.15, 0.2) is 6.10 Å². The first kappa shape index (κ1) is 32.8. The Kier molecular flexibility index (Phi) is 10.5. The molecule has 3 amide bonds. The number of aliphatic hydroxyl groups is 1. The van der Waals surface area contributed by atoms with Crippen LogP contribution >= 0.6 is 11.8 Å². The van der Waals surface area contributed by atoms with Crippen LogP contribution in [0.1, 0.15) is 53.4 Å². The molecule has 1 aliphatic rings. The number of carbonyl (C=O) groups is 4. The Bertz CT molecular complexity index is 1530. The zero-order valence-corrected chi connectivity index (χ0v) is 26.4. The van der Waals surface area contributed by atoms with E-state index in [0.717, 1.165) is 16.7 Å². The molecule has 0 spiro atoms. The summed E-state index contributed by atoms with van der Waals surface area (Å²) in [4.78, 5) is 53.9. The molecule has 0 radical (unpaired) electrons. The van der Waals surface area contributed by atoms with Gasteiger partial charge in [0.2, 0.25) is 5.91 Å². The highest BCUT2D eigenvalue weighted by atomic mass is 32.2. The molecule has 0 bridgehead atoms. The highest BCUT2D eigenvalue weighted by molar-refractivity contribution is 8.00. The molecule has 0 saturated carbocycles. The van der Waals surface area contributed by atoms with Gasteiger partial charge in [-0.05, 0) is 62.9 Å². The van der Waals surface area contributed by atoms with Crippen LogP contribution in [0.15, 0.2) is 72.8 Å². The molecule has 10 heteroatoms. The van der Waals surface area contributed by atoms with E-state index in [1.54, 1.807) is 25.1 Å². The minimum atomic E-state index is -1.64. The van der Waals surface area contributed by atoms with Crippen molar-refractivity contribution in [2.24, 2.45) is 0 Å². The number of amides is 3. The van der Waals surface area contributed by atoms with Gasteiger partial charge in [0.05, 0.1) is 11.9 Å². The molecular weight excluding hydrogens is 578 g/mol. The van der Waals surface area contributed by atoms with E-state index in [1.807, 2.05) is 75.4 Å². The zero-order chi connectivity index (χ0) is 32.0. The lowest BCUT2D eigenvalue weighted by Crippen LogP contribution is -2.58. The summed E-state index contributed by atoms with van der Waals surface area (Å²) in [6.07, 6.45) is -1.48. The van der Waals surface area contributed by atoms with E-state index in [4.69, 9.17) is 4.74 Å². The molecule has 1 fully saturated rings. The van der Waals surface area contributed by atoms with Crippen LogP contribution in [-0.4, -0.2) is 62.5 Å². The normalized spacial score (nSPS) is 17.0. The van der Waals surface area contributed by atoms with E-state index in [1.165, 1.54) is 23.6 Å². The molecule has 3 aromatic rings. The fourth-order valence-corrected chi connectivity index (χ4v) is 6.46. The monoisotopic (exact) mass is 617 g/mol. The molecule has 9 nitrogen and oxygen atoms in total. The van der Waals surface area contributed by atoms with Crippen molar-refractivity contribution in [2.45, 2.75) is 70.5 Å². The molecule has 3 aromatic carbocycles. The number of hydrogen-bond acceptors (Lipinski definition) is 7. The lowest BCUT2D eigenvalue weighted by Gasteiger charge is -2.33. The maximum absolute atomic E-state index is 13.9. The molecule has 44 heavy (non-hydrogen) atoms. The number of nitrogens with one attached hydrogen (secondary N) is 2. The number of thioether (sulfide) groups is 1. The van der Waals surface area contributed by atoms with Crippen molar-refractivity contribution in [1.82, 2.24) is 15.5 Å². The lowest BCUT2D eigenvalue weighted by atomic mass is 9.96. The second-order valence-corrected chi connectivity index (χ2v) is 13.1. The summed E-state index contributed by atoms with van der Waals surface area (Å²) in [5.41, 5.74) is 3.51. The third-order valence-corrected chi connectivity index (χ3v) is 9.20. The largest absolute Gasteiger partial charge is 0.426 e. The van der Waals surface area contributed by atoms with Crippen LogP contribution in [0.25, 0.3) is 0 Å². The Hall–Kier alpha value is -4.15. The Labute approximate surface area is 262 Å². The molecule has 232 valence electrons. The van der Waals surface area contributed by atoms with Gasteiger partial charge in [0.25, 0.3) is 11.8 Å². The lowest BCUT2D eigenvalue weighted by molar-refractivity contribution is -0.147. The fourth-order valence-electron chi connectivity index (χ4n) is 5.32. The van der Waals surface area contributed by atoms with Gasteiger partial charge in [-0.1, -0.05) is 60.7 Å². The van der Waals surface area contributed by atoms with Crippen molar-refractivity contribution in [2.75, 3.05) is 5.88 Å². The van der Waals surface area contributed by atoms with Crippen LogP contribution in [0.5, 0.6) is 5.75 Å². The number of carbonyl (C=O) groups excluding carboxylic acids is 4. The molecule has 1 saturated heterocycles. The zero-order valence-electron chi connectivity index (χ0n) is 25.6. The van der Waals surface area contributed by atoms with Gasteiger partial charge in [-0.2, -0.15) is 0 Å². The van der Waals surface area contributed by atoms with E-state index >= 15 is 0 Å². The summed E-state index contributed by atoms with van der Waals surface area (Å²) in [6.45, 7) is 9.02. The van der Waals surface area contributed by atoms with Crippen LogP contribution < -0.4 is 15.4 Å². The average molecular weight is 618 g/mol. The first-order valence-electron chi connectivity index (χ1n) is 14.5. The molecule has 1 heterocycles. The molecule has 4 rings (SSSR count). The average Bonchev–Trinajstić information content (AvgIpc) is 3.31. The quantitative estimate of drug-likeness (QED) is 0.233. The van der Waals surface area contributed by atoms with Crippen molar-refractivity contribution < 1.29 is 29.0 Å². The number of esters is 1. The fraction of sp³-hybridized carbons (Fsp3) is 0.353. The summed E-state index contributed by atoms with van der Waals surface area (Å²) in [5.74, 6) is -1.56. The second-order valence-electron chi connectivity index (χ2n) is 11.5. The van der Waals surface area contributed by atoms with E-state index in [9.17, 15) is 24.3 Å². The molecular formula is C34H39N3O6S. The number of benzene rings is 3. The number of aliphatic hydroxyl groups excluding tert-OH is 1. The van der Waals surface area contributed by atoms with Gasteiger partial charge >= 0.3 is 5.97 Å². The summed E-state index contributed by atoms with van der Waals surface area (Å²) in [5, 5.41) is 17.4. The van der Waals surface area contributed by atoms with Gasteiger partial charge in [-0.3, -0.25) is 19.2 Å². The van der Waals surface area contributed by atoms with Gasteiger partial charge < -0.3 is 25.4 Å². The molecule has 1 aliphatic heterocycles. The van der Waals surface area contributed by atoms with E-state index < -0.39 is 40.7 Å². The van der Waals surface area contributed by atoms with Crippen molar-refractivity contribution in [3.8, 4) is 5.75 Å². The van der Waals surface area contributed by atoms with Crippen LogP contribution in [0.4, 0.5) is 0 Å². The number of ether oxygens (including phenoxy) is 1. The predicted molar refractivity (Wildman–Crippen MR) is 170 cm³/mol. The Morgan fingerprint density at radius 3 is 2.36 bits per heavy atom. The molecule has 3 N–H and O–H groups in total. The maximum atomic E-state index is 13.9. The topological polar surface area (TPSA) is 125 Å². The van der Waals surface area contributed by atoms with Crippen molar-refractivity contribution >= 4 is 35.5 Å². The third kappa shape index (κ3) is 7.67. The Morgan fingerprint density at radius 2 is 1.68 bits per heavy atom. The van der Waals surface area contributed by atoms with Gasteiger partial charge in [-0.25, -0.2) is 0 Å². The van der Waals surface area contributed by atoms with Gasteiger partial charge in [0, 0.05) is 29.3 Å². The number of nitrogens with zero attached hydrogens (tertiary/aromatic N) is 1. The van der Waals surface area contributed by atoms with Crippen LogP contribution in [0.2, 0.25) is 0 Å². The van der Waals surface area contributed by atoms with Crippen LogP contribution in [0, 0.1) is 13.8 Å². The summed E-state index contributed by atoms with van der Waals surface area (Å²) >= 11 is 1.45. The molecule has 3 atom stereocenters. The maximum Gasteiger partial charge on any atom is 0.308 e. The minimum absolute atomic E-state index is 0.163. The third-order valence-electron chi connectivity index (χ3n) is 7.82. The molecule has 0 aromatic heterocycles. The number of hydrogen-bond donors (Lipinski definition) is 3. The van der Waals surface area contributed by atoms with Crippen molar-refractivity contribution in [3.63, 3.8) is 0 Å². The van der Waals surface area contributed by atoms with E-state index in [2.05, 4.69) is 10.6 Å². The Morgan fingerprint density at radius 1 is 1.00 bits per heavy atom. The summed E-state index contributed by atoms with van der Waals surface area (Å²) < 4.78 is 4.62. The highest BCUT2D eigenvalue weighted by Gasteiger charge is 2.49. The SMILES string of the molecule is CC(=O)Oc1cccc(C(=O)NC(Cc2ccccc2)C(O)C(=O)N2CSC(C)(C)C2C(=O)NCc2ccccc2C)c1C. The van der Waals surface area contributed by atoms with Gasteiger partial charge in [-0.15, -0.1) is 11.8 Å². The van der Waals surface area contributed by atoms with Crippen LogP contribution in [-0.2, 0) is 27.3 Å². The van der Waals surface area contributed by atoms with E-state index in [0.29, 0.717) is 12.1 Å². The molecule has 3 unspecified atom stereocenters. The number of aryl methyl sites for hydroxylation is 1. The number of rotatable bonds is 10. The molecule has 0 aliphatic carbocycles. The second kappa shape index (κ2) is 14.1. The smallest absolute Gasteiger partial charge is 0.308 e. The summed E-state index contributed by atoms with van der Waals surface area (Å²) in [7, 11) is 0. The predicted octanol–water partition coefficient (Wildman–Crippen LogP) is 3.93. The first-order valence-corrected chi connectivity index (χ1v) is 15.4. The summed E-state index contributed by atoms with van der Waals surface area (Å²) in [6, 6.07) is 19.9. The minimum Gasteiger partial charge on any atom is -0.426 e. The highest BCUT2D eigenvalue weighted by Crippen LogP contribution is 2.40.